The topological polar surface area (TPSA) is 66.3 Å². The quantitative estimate of drug-likeness (QED) is 0.749. The molecule has 0 unspecified atom stereocenters. The number of amides is 1. The predicted molar refractivity (Wildman–Crippen MR) is 116 cm³/mol. The molecule has 0 aromatic heterocycles. The number of fused-ring (bicyclic) bond motifs is 2. The normalized spacial score (nSPS) is 17.5. The first-order chi connectivity index (χ1) is 14.2. The molecule has 2 heterocycles. The van der Waals surface area contributed by atoms with Crippen LogP contribution in [-0.2, 0) is 4.79 Å². The van der Waals surface area contributed by atoms with Gasteiger partial charge in [-0.3, -0.25) is 15.1 Å². The Kier molecular flexibility index (Phi) is 5.67. The monoisotopic (exact) mass is 406 g/mol. The Morgan fingerprint density at radius 2 is 2.03 bits per heavy atom. The molecule has 29 heavy (non-hydrogen) atoms. The molecule has 2 aliphatic rings. The Labute approximate surface area is 173 Å². The first kappa shape index (κ1) is 19.3. The zero-order chi connectivity index (χ0) is 20.2. The van der Waals surface area contributed by atoms with Crippen LogP contribution in [-0.4, -0.2) is 28.4 Å². The summed E-state index contributed by atoms with van der Waals surface area (Å²) in [7, 11) is 0. The summed E-state index contributed by atoms with van der Waals surface area (Å²) in [6.45, 7) is 6.21. The molecule has 1 atom stereocenters. The van der Waals surface area contributed by atoms with E-state index in [1.165, 1.54) is 11.8 Å². The molecule has 0 spiro atoms. The zero-order valence-electron chi connectivity index (χ0n) is 16.2. The molecule has 0 aliphatic carbocycles. The summed E-state index contributed by atoms with van der Waals surface area (Å²) in [6, 6.07) is 15.4. The third-order valence-corrected chi connectivity index (χ3v) is 5.57. The highest BCUT2D eigenvalue weighted by Gasteiger charge is 2.34. The van der Waals surface area contributed by atoms with Crippen molar-refractivity contribution >= 4 is 28.5 Å². The summed E-state index contributed by atoms with van der Waals surface area (Å²) in [4.78, 5) is 17.9. The van der Waals surface area contributed by atoms with Gasteiger partial charge in [-0.25, -0.2) is 5.01 Å². The minimum absolute atomic E-state index is 0.156. The van der Waals surface area contributed by atoms with Crippen molar-refractivity contribution in [3.8, 4) is 5.75 Å². The number of thioether (sulfide) groups is 1. The molecule has 0 bridgehead atoms. The fraction of sp³-hybridized carbons (Fsp3) is 0.227. The van der Waals surface area contributed by atoms with Gasteiger partial charge in [0.15, 0.2) is 11.3 Å². The van der Waals surface area contributed by atoms with Gasteiger partial charge in [0.25, 0.3) is 5.91 Å². The van der Waals surface area contributed by atoms with E-state index in [-0.39, 0.29) is 5.91 Å². The van der Waals surface area contributed by atoms with Crippen LogP contribution in [0.4, 0.5) is 0 Å². The van der Waals surface area contributed by atoms with Crippen molar-refractivity contribution in [3.63, 3.8) is 0 Å². The first-order valence-electron chi connectivity index (χ1n) is 9.54. The van der Waals surface area contributed by atoms with E-state index in [1.54, 1.807) is 11.1 Å². The Bertz CT molecular complexity index is 1080. The lowest BCUT2D eigenvalue weighted by Crippen LogP contribution is -2.50. The largest absolute Gasteiger partial charge is 0.490 e. The molecule has 0 saturated carbocycles. The molecule has 1 amide bonds. The Balaban J connectivity index is 1.78. The van der Waals surface area contributed by atoms with Gasteiger partial charge in [0.2, 0.25) is 0 Å². The van der Waals surface area contributed by atoms with E-state index in [0.29, 0.717) is 17.5 Å². The summed E-state index contributed by atoms with van der Waals surface area (Å²) in [5.74, 6) is 1.49. The van der Waals surface area contributed by atoms with Crippen LogP contribution in [0.15, 0.2) is 71.3 Å². The third kappa shape index (κ3) is 3.91. The number of benzene rings is 2. The number of carbonyl (C=O) groups excluding carboxylic acids is 1. The average molecular weight is 407 g/mol. The van der Waals surface area contributed by atoms with Gasteiger partial charge >= 0.3 is 0 Å². The van der Waals surface area contributed by atoms with Gasteiger partial charge in [-0.15, -0.1) is 5.10 Å². The van der Waals surface area contributed by atoms with E-state index in [0.717, 1.165) is 34.1 Å². The lowest BCUT2D eigenvalue weighted by molar-refractivity contribution is -0.116. The molecule has 2 aromatic rings. The predicted octanol–water partition coefficient (Wildman–Crippen LogP) is 2.54. The highest BCUT2D eigenvalue weighted by Crippen LogP contribution is 2.31. The van der Waals surface area contributed by atoms with Crippen LogP contribution in [0.5, 0.6) is 5.75 Å². The fourth-order valence-electron chi connectivity index (χ4n) is 3.20. The first-order valence-corrected chi connectivity index (χ1v) is 10.5. The minimum atomic E-state index is -0.420. The van der Waals surface area contributed by atoms with E-state index in [2.05, 4.69) is 18.8 Å². The number of hydrazone groups is 1. The van der Waals surface area contributed by atoms with Crippen LogP contribution in [0.1, 0.15) is 25.1 Å². The Morgan fingerprint density at radius 1 is 1.24 bits per heavy atom. The van der Waals surface area contributed by atoms with Crippen molar-refractivity contribution < 1.29 is 9.53 Å². The SMILES string of the molecule is C=CCOc1ccc([C@@H]2N=c3ccccc3=C3C(=O)NC(SCCC)=NN32)cc1. The van der Waals surface area contributed by atoms with Crippen LogP contribution in [0.2, 0.25) is 0 Å². The molecular weight excluding hydrogens is 384 g/mol. The number of ether oxygens (including phenoxy) is 1. The van der Waals surface area contributed by atoms with Crippen molar-refractivity contribution in [2.75, 3.05) is 12.4 Å². The number of nitrogens with zero attached hydrogens (tertiary/aromatic N) is 3. The molecule has 7 heteroatoms. The Hall–Kier alpha value is -3.06. The van der Waals surface area contributed by atoms with Gasteiger partial charge in [-0.05, 0) is 30.2 Å². The third-order valence-electron chi connectivity index (χ3n) is 4.50. The molecule has 148 valence electrons. The highest BCUT2D eigenvalue weighted by molar-refractivity contribution is 8.13. The Morgan fingerprint density at radius 3 is 2.79 bits per heavy atom. The maximum absolute atomic E-state index is 13.0. The second-order valence-corrected chi connectivity index (χ2v) is 7.67. The van der Waals surface area contributed by atoms with Gasteiger partial charge in [0, 0.05) is 11.0 Å². The van der Waals surface area contributed by atoms with Crippen molar-refractivity contribution in [3.05, 3.63) is 77.3 Å². The number of hydrogen-bond acceptors (Lipinski definition) is 6. The van der Waals surface area contributed by atoms with Gasteiger partial charge in [-0.1, -0.05) is 61.7 Å². The standard InChI is InChI=1S/C22H22N4O2S/c1-3-13-28-16-11-9-15(10-12-16)20-23-18-8-6-5-7-17(18)19-21(27)24-22(25-26(19)20)29-14-4-2/h3,5-12,20H,1,4,13-14H2,2H3,(H,24,25,27)/t20-/m1/s1. The summed E-state index contributed by atoms with van der Waals surface area (Å²) < 4.78 is 5.58. The lowest BCUT2D eigenvalue weighted by atomic mass is 10.1. The van der Waals surface area contributed by atoms with E-state index in [4.69, 9.17) is 14.8 Å². The molecular formula is C22H22N4O2S. The van der Waals surface area contributed by atoms with Gasteiger partial charge < -0.3 is 4.74 Å². The van der Waals surface area contributed by atoms with Crippen LogP contribution in [0.3, 0.4) is 0 Å². The average Bonchev–Trinajstić information content (AvgIpc) is 2.76. The van der Waals surface area contributed by atoms with Crippen LogP contribution < -0.4 is 20.6 Å². The number of nitrogens with one attached hydrogen (secondary N) is 1. The van der Waals surface area contributed by atoms with Crippen LogP contribution in [0, 0.1) is 0 Å². The molecule has 0 radical (unpaired) electrons. The van der Waals surface area contributed by atoms with Gasteiger partial charge in [-0.2, -0.15) is 0 Å². The van der Waals surface area contributed by atoms with Gasteiger partial charge in [0.1, 0.15) is 18.1 Å². The second kappa shape index (κ2) is 8.53. The fourth-order valence-corrected chi connectivity index (χ4v) is 3.91. The summed E-state index contributed by atoms with van der Waals surface area (Å²) in [6.07, 6.45) is 2.29. The molecule has 2 aromatic carbocycles. The highest BCUT2D eigenvalue weighted by atomic mass is 32.2. The lowest BCUT2D eigenvalue weighted by Gasteiger charge is -2.34. The van der Waals surface area contributed by atoms with Crippen LogP contribution >= 0.6 is 11.8 Å². The maximum atomic E-state index is 13.0. The minimum Gasteiger partial charge on any atom is -0.490 e. The number of para-hydroxylation sites is 1. The van der Waals surface area contributed by atoms with E-state index in [9.17, 15) is 4.79 Å². The summed E-state index contributed by atoms with van der Waals surface area (Å²) in [5.41, 5.74) is 1.45. The molecule has 4 rings (SSSR count). The van der Waals surface area contributed by atoms with Crippen molar-refractivity contribution in [2.24, 2.45) is 10.1 Å². The molecule has 1 N–H and O–H groups in total. The van der Waals surface area contributed by atoms with Crippen molar-refractivity contribution in [2.45, 2.75) is 19.5 Å². The van der Waals surface area contributed by atoms with E-state index < -0.39 is 6.17 Å². The molecule has 0 fully saturated rings. The summed E-state index contributed by atoms with van der Waals surface area (Å²) >= 11 is 1.54. The van der Waals surface area contributed by atoms with Crippen molar-refractivity contribution in [1.82, 2.24) is 10.3 Å². The van der Waals surface area contributed by atoms with E-state index in [1.807, 2.05) is 48.5 Å². The number of amidine groups is 1. The summed E-state index contributed by atoms with van der Waals surface area (Å²) in [5, 5.41) is 11.6. The smallest absolute Gasteiger partial charge is 0.276 e. The van der Waals surface area contributed by atoms with Crippen molar-refractivity contribution in [1.29, 1.82) is 0 Å². The van der Waals surface area contributed by atoms with E-state index >= 15 is 0 Å². The second-order valence-electron chi connectivity index (χ2n) is 6.59. The number of hydrogen-bond donors (Lipinski definition) is 1. The zero-order valence-corrected chi connectivity index (χ0v) is 17.0. The maximum Gasteiger partial charge on any atom is 0.276 e. The molecule has 6 nitrogen and oxygen atoms in total. The van der Waals surface area contributed by atoms with Gasteiger partial charge in [0.05, 0.1) is 5.36 Å². The molecule has 2 aliphatic heterocycles. The van der Waals surface area contributed by atoms with Crippen LogP contribution in [0.25, 0.3) is 5.70 Å². The molecule has 0 saturated heterocycles. The number of carbonyl (C=O) groups is 1. The number of rotatable bonds is 6.